The van der Waals surface area contributed by atoms with Crippen LogP contribution in [0.1, 0.15) is 34.6 Å². The minimum absolute atomic E-state index is 0.102. The molecular weight excluding hydrogens is 240 g/mol. The van der Waals surface area contributed by atoms with E-state index >= 15 is 0 Å². The van der Waals surface area contributed by atoms with Crippen LogP contribution in [-0.4, -0.2) is 13.0 Å². The Balaban J connectivity index is 2.10. The first kappa shape index (κ1) is 13.2. The highest BCUT2D eigenvalue weighted by Crippen LogP contribution is 2.17. The number of amides is 1. The summed E-state index contributed by atoms with van der Waals surface area (Å²) >= 11 is 0. The highest BCUT2D eigenvalue weighted by molar-refractivity contribution is 5.95. The maximum absolute atomic E-state index is 12.1. The largest absolute Gasteiger partial charge is 0.467 e. The molecule has 100 valence electrons. The van der Waals surface area contributed by atoms with Gasteiger partial charge in [-0.1, -0.05) is 0 Å². The normalized spacial score (nSPS) is 11.9. The smallest absolute Gasteiger partial charge is 0.251 e. The molecule has 0 spiro atoms. The van der Waals surface area contributed by atoms with E-state index in [2.05, 4.69) is 10.6 Å². The average molecular weight is 258 g/mol. The Hall–Kier alpha value is -2.23. The van der Waals surface area contributed by atoms with E-state index in [1.165, 1.54) is 0 Å². The van der Waals surface area contributed by atoms with Gasteiger partial charge >= 0.3 is 0 Å². The molecule has 4 heteroatoms. The van der Waals surface area contributed by atoms with Gasteiger partial charge in [0.15, 0.2) is 0 Å². The van der Waals surface area contributed by atoms with Crippen LogP contribution in [0.2, 0.25) is 0 Å². The van der Waals surface area contributed by atoms with Gasteiger partial charge in [-0.3, -0.25) is 4.79 Å². The number of hydrogen-bond acceptors (Lipinski definition) is 3. The predicted molar refractivity (Wildman–Crippen MR) is 75.3 cm³/mol. The molecule has 0 fully saturated rings. The van der Waals surface area contributed by atoms with Crippen LogP contribution in [0.25, 0.3) is 0 Å². The van der Waals surface area contributed by atoms with Crippen LogP contribution < -0.4 is 10.6 Å². The standard InChI is InChI=1S/C15H18N2O2/c1-10-9-12(6-7-13(10)16-3)15(18)17-11(2)14-5-4-8-19-14/h4-9,11,16H,1-3H3,(H,17,18). The first-order valence-corrected chi connectivity index (χ1v) is 6.24. The number of carbonyl (C=O) groups is 1. The van der Waals surface area contributed by atoms with Crippen molar-refractivity contribution in [3.63, 3.8) is 0 Å². The highest BCUT2D eigenvalue weighted by Gasteiger charge is 2.13. The molecular formula is C15H18N2O2. The zero-order valence-electron chi connectivity index (χ0n) is 11.4. The Labute approximate surface area is 112 Å². The van der Waals surface area contributed by atoms with Crippen molar-refractivity contribution in [2.24, 2.45) is 0 Å². The van der Waals surface area contributed by atoms with Crippen LogP contribution in [0.3, 0.4) is 0 Å². The van der Waals surface area contributed by atoms with Crippen molar-refractivity contribution in [1.82, 2.24) is 5.32 Å². The van der Waals surface area contributed by atoms with Crippen LogP contribution in [0.15, 0.2) is 41.0 Å². The molecule has 0 aliphatic heterocycles. The minimum Gasteiger partial charge on any atom is -0.467 e. The second-order valence-corrected chi connectivity index (χ2v) is 4.49. The fraction of sp³-hybridized carbons (Fsp3) is 0.267. The third kappa shape index (κ3) is 2.96. The predicted octanol–water partition coefficient (Wildman–Crippen LogP) is 3.12. The summed E-state index contributed by atoms with van der Waals surface area (Å²) in [5.74, 6) is 0.645. The summed E-state index contributed by atoms with van der Waals surface area (Å²) in [4.78, 5) is 12.1. The molecule has 0 aliphatic rings. The Morgan fingerprint density at radius 1 is 1.32 bits per heavy atom. The Morgan fingerprint density at radius 2 is 2.11 bits per heavy atom. The summed E-state index contributed by atoms with van der Waals surface area (Å²) < 4.78 is 5.27. The van der Waals surface area contributed by atoms with Gasteiger partial charge < -0.3 is 15.1 Å². The molecule has 1 aromatic carbocycles. The first-order valence-electron chi connectivity index (χ1n) is 6.24. The van der Waals surface area contributed by atoms with Crippen LogP contribution in [0, 0.1) is 6.92 Å². The molecule has 0 aliphatic carbocycles. The van der Waals surface area contributed by atoms with Gasteiger partial charge in [-0.25, -0.2) is 0 Å². The van der Waals surface area contributed by atoms with Crippen LogP contribution in [-0.2, 0) is 0 Å². The van der Waals surface area contributed by atoms with Crippen molar-refractivity contribution < 1.29 is 9.21 Å². The van der Waals surface area contributed by atoms with Gasteiger partial charge in [0, 0.05) is 18.3 Å². The van der Waals surface area contributed by atoms with Crippen molar-refractivity contribution in [2.75, 3.05) is 12.4 Å². The zero-order valence-corrected chi connectivity index (χ0v) is 11.4. The molecule has 0 saturated carbocycles. The monoisotopic (exact) mass is 258 g/mol. The van der Waals surface area contributed by atoms with Gasteiger partial charge in [0.25, 0.3) is 5.91 Å². The Bertz CT molecular complexity index is 562. The van der Waals surface area contributed by atoms with Crippen LogP contribution in [0.5, 0.6) is 0 Å². The van der Waals surface area contributed by atoms with Crippen molar-refractivity contribution in [2.45, 2.75) is 19.9 Å². The van der Waals surface area contributed by atoms with Crippen molar-refractivity contribution in [3.05, 3.63) is 53.5 Å². The van der Waals surface area contributed by atoms with Crippen LogP contribution >= 0.6 is 0 Å². The molecule has 2 rings (SSSR count). The molecule has 4 nitrogen and oxygen atoms in total. The minimum atomic E-state index is -0.146. The van der Waals surface area contributed by atoms with Gasteiger partial charge in [0.2, 0.25) is 0 Å². The van der Waals surface area contributed by atoms with E-state index in [9.17, 15) is 4.79 Å². The van der Waals surface area contributed by atoms with E-state index in [-0.39, 0.29) is 11.9 Å². The molecule has 19 heavy (non-hydrogen) atoms. The third-order valence-corrected chi connectivity index (χ3v) is 3.08. The number of nitrogens with one attached hydrogen (secondary N) is 2. The maximum Gasteiger partial charge on any atom is 0.251 e. The van der Waals surface area contributed by atoms with Crippen LogP contribution in [0.4, 0.5) is 5.69 Å². The molecule has 0 bridgehead atoms. The highest BCUT2D eigenvalue weighted by atomic mass is 16.3. The van der Waals surface area contributed by atoms with Crippen molar-refractivity contribution >= 4 is 11.6 Å². The van der Waals surface area contributed by atoms with Gasteiger partial charge in [-0.15, -0.1) is 0 Å². The fourth-order valence-corrected chi connectivity index (χ4v) is 1.97. The Kier molecular flexibility index (Phi) is 3.90. The summed E-state index contributed by atoms with van der Waals surface area (Å²) in [5.41, 5.74) is 2.71. The summed E-state index contributed by atoms with van der Waals surface area (Å²) in [7, 11) is 1.86. The lowest BCUT2D eigenvalue weighted by molar-refractivity contribution is 0.0935. The number of anilines is 1. The lowest BCUT2D eigenvalue weighted by atomic mass is 10.1. The quantitative estimate of drug-likeness (QED) is 0.886. The number of aryl methyl sites for hydroxylation is 1. The lowest BCUT2D eigenvalue weighted by Gasteiger charge is -2.12. The lowest BCUT2D eigenvalue weighted by Crippen LogP contribution is -2.26. The molecule has 1 atom stereocenters. The summed E-state index contributed by atoms with van der Waals surface area (Å²) in [5, 5.41) is 5.99. The molecule has 1 unspecified atom stereocenters. The second kappa shape index (κ2) is 5.61. The second-order valence-electron chi connectivity index (χ2n) is 4.49. The summed E-state index contributed by atoms with van der Waals surface area (Å²) in [6.07, 6.45) is 1.60. The maximum atomic E-state index is 12.1. The van der Waals surface area contributed by atoms with E-state index in [1.54, 1.807) is 6.26 Å². The van der Waals surface area contributed by atoms with Crippen molar-refractivity contribution in [3.8, 4) is 0 Å². The van der Waals surface area contributed by atoms with Gasteiger partial charge in [0.1, 0.15) is 5.76 Å². The number of furan rings is 1. The summed E-state index contributed by atoms with van der Waals surface area (Å²) in [6, 6.07) is 9.09. The Morgan fingerprint density at radius 3 is 2.68 bits per heavy atom. The average Bonchev–Trinajstić information content (AvgIpc) is 2.92. The van der Waals surface area contributed by atoms with Gasteiger partial charge in [-0.2, -0.15) is 0 Å². The van der Waals surface area contributed by atoms with E-state index in [4.69, 9.17) is 4.42 Å². The number of carbonyl (C=O) groups excluding carboxylic acids is 1. The molecule has 1 heterocycles. The van der Waals surface area contributed by atoms with E-state index in [0.29, 0.717) is 5.56 Å². The SMILES string of the molecule is CNc1ccc(C(=O)NC(C)c2ccco2)cc1C. The zero-order chi connectivity index (χ0) is 13.8. The van der Waals surface area contributed by atoms with Gasteiger partial charge in [-0.05, 0) is 49.7 Å². The number of hydrogen-bond donors (Lipinski definition) is 2. The third-order valence-electron chi connectivity index (χ3n) is 3.08. The van der Waals surface area contributed by atoms with E-state index in [0.717, 1.165) is 17.0 Å². The fourth-order valence-electron chi connectivity index (χ4n) is 1.97. The summed E-state index contributed by atoms with van der Waals surface area (Å²) in [6.45, 7) is 3.87. The molecule has 2 aromatic rings. The van der Waals surface area contributed by atoms with E-state index < -0.39 is 0 Å². The molecule has 0 radical (unpaired) electrons. The van der Waals surface area contributed by atoms with Crippen molar-refractivity contribution in [1.29, 1.82) is 0 Å². The molecule has 2 N–H and O–H groups in total. The number of benzene rings is 1. The van der Waals surface area contributed by atoms with E-state index in [1.807, 2.05) is 51.2 Å². The molecule has 0 saturated heterocycles. The molecule has 1 aromatic heterocycles. The van der Waals surface area contributed by atoms with Gasteiger partial charge in [0.05, 0.1) is 12.3 Å². The first-order chi connectivity index (χ1) is 9.11. The topological polar surface area (TPSA) is 54.3 Å². The molecule has 1 amide bonds. The number of rotatable bonds is 4.